The van der Waals surface area contributed by atoms with Crippen LogP contribution in [0.4, 0.5) is 0 Å². The number of aromatic nitrogens is 4. The number of nitrogens with one attached hydrogen (secondary N) is 1. The summed E-state index contributed by atoms with van der Waals surface area (Å²) >= 11 is 0. The number of amides is 1. The van der Waals surface area contributed by atoms with Crippen LogP contribution in [0.25, 0.3) is 22.8 Å². The Morgan fingerprint density at radius 1 is 1.15 bits per heavy atom. The normalized spacial score (nSPS) is 11.3. The van der Waals surface area contributed by atoms with Crippen molar-refractivity contribution >= 4 is 23.0 Å². The van der Waals surface area contributed by atoms with E-state index in [1.807, 2.05) is 60.8 Å². The first-order valence-electron chi connectivity index (χ1n) is 8.66. The number of hydrogen-bond donors (Lipinski definition) is 1. The van der Waals surface area contributed by atoms with Gasteiger partial charge in [-0.1, -0.05) is 30.3 Å². The minimum absolute atomic E-state index is 0.0945. The van der Waals surface area contributed by atoms with E-state index in [0.717, 1.165) is 28.1 Å². The molecule has 1 N–H and O–H groups in total. The second-order valence-corrected chi connectivity index (χ2v) is 6.28. The number of carbonyl (C=O) groups is 1. The van der Waals surface area contributed by atoms with Gasteiger partial charge in [0, 0.05) is 24.9 Å². The van der Waals surface area contributed by atoms with Crippen molar-refractivity contribution in [1.29, 1.82) is 0 Å². The van der Waals surface area contributed by atoms with Crippen molar-refractivity contribution < 1.29 is 4.79 Å². The van der Waals surface area contributed by atoms with Crippen LogP contribution in [-0.4, -0.2) is 37.6 Å². The van der Waals surface area contributed by atoms with Crippen molar-refractivity contribution in [3.63, 3.8) is 0 Å². The Balaban J connectivity index is 1.41. The lowest BCUT2D eigenvalue weighted by Crippen LogP contribution is -2.24. The summed E-state index contributed by atoms with van der Waals surface area (Å²) in [7, 11) is 1.76. The molecule has 134 valence electrons. The molecule has 0 unspecified atom stereocenters. The van der Waals surface area contributed by atoms with Crippen LogP contribution in [0.3, 0.4) is 0 Å². The van der Waals surface area contributed by atoms with E-state index in [1.165, 1.54) is 0 Å². The van der Waals surface area contributed by atoms with Gasteiger partial charge >= 0.3 is 0 Å². The first kappa shape index (κ1) is 16.8. The first-order chi connectivity index (χ1) is 13.2. The van der Waals surface area contributed by atoms with Crippen molar-refractivity contribution in [1.82, 2.24) is 24.6 Å². The molecule has 0 spiro atoms. The van der Waals surface area contributed by atoms with Crippen LogP contribution in [-0.2, 0) is 11.3 Å². The molecule has 4 rings (SSSR count). The molecule has 6 heteroatoms. The van der Waals surface area contributed by atoms with Gasteiger partial charge in [-0.15, -0.1) is 0 Å². The molecule has 1 amide bonds. The van der Waals surface area contributed by atoms with Gasteiger partial charge in [0.15, 0.2) is 0 Å². The maximum Gasteiger partial charge on any atom is 0.246 e. The molecule has 0 radical (unpaired) electrons. The van der Waals surface area contributed by atoms with E-state index < -0.39 is 0 Å². The van der Waals surface area contributed by atoms with Crippen LogP contribution in [0.5, 0.6) is 0 Å². The molecular weight excluding hydrogens is 338 g/mol. The molecule has 0 saturated heterocycles. The van der Waals surface area contributed by atoms with Crippen LogP contribution in [0.1, 0.15) is 11.4 Å². The predicted molar refractivity (Wildman–Crippen MR) is 105 cm³/mol. The molecule has 0 aliphatic carbocycles. The topological polar surface area (TPSA) is 66.8 Å². The molecular formula is C21H19N5O. The summed E-state index contributed by atoms with van der Waals surface area (Å²) in [6, 6.07) is 17.7. The van der Waals surface area contributed by atoms with Gasteiger partial charge < -0.3 is 9.88 Å². The third kappa shape index (κ3) is 3.79. The fraction of sp³-hybridized carbons (Fsp3) is 0.0952. The highest BCUT2D eigenvalue weighted by molar-refractivity contribution is 5.91. The third-order valence-electron chi connectivity index (χ3n) is 4.24. The van der Waals surface area contributed by atoms with Crippen molar-refractivity contribution in [2.24, 2.45) is 0 Å². The number of benzene rings is 2. The Hall–Kier alpha value is -3.67. The first-order valence-corrected chi connectivity index (χ1v) is 8.66. The lowest BCUT2D eigenvalue weighted by molar-refractivity contribution is -0.125. The second kappa shape index (κ2) is 7.29. The summed E-state index contributed by atoms with van der Waals surface area (Å²) in [5.74, 6) is 0.667. The maximum atomic E-state index is 12.4. The zero-order chi connectivity index (χ0) is 18.6. The van der Waals surface area contributed by atoms with Crippen LogP contribution in [0.15, 0.2) is 73.1 Å². The van der Waals surface area contributed by atoms with Gasteiger partial charge in [0.25, 0.3) is 0 Å². The standard InChI is InChI=1S/C21H19N5O/c1-25(15-20-23-18-9-5-6-10-19(18)24-20)21(27)12-11-16-13-22-26(14-16)17-7-3-2-4-8-17/h2-14H,15H2,1H3,(H,23,24)/b12-11+. The Labute approximate surface area is 156 Å². The van der Waals surface area contributed by atoms with E-state index in [1.54, 1.807) is 35.0 Å². The van der Waals surface area contributed by atoms with Crippen LogP contribution in [0.2, 0.25) is 0 Å². The number of likely N-dealkylation sites (N-methyl/N-ethyl adjacent to an activating group) is 1. The van der Waals surface area contributed by atoms with Gasteiger partial charge in [-0.3, -0.25) is 4.79 Å². The SMILES string of the molecule is CN(Cc1nc2ccccc2[nH]1)C(=O)/C=C/c1cnn(-c2ccccc2)c1. The van der Waals surface area contributed by atoms with E-state index in [0.29, 0.717) is 6.54 Å². The maximum absolute atomic E-state index is 12.4. The zero-order valence-electron chi connectivity index (χ0n) is 14.9. The molecule has 2 aromatic carbocycles. The summed E-state index contributed by atoms with van der Waals surface area (Å²) in [5.41, 5.74) is 3.71. The number of para-hydroxylation sites is 3. The minimum Gasteiger partial charge on any atom is -0.340 e. The minimum atomic E-state index is -0.0945. The van der Waals surface area contributed by atoms with E-state index >= 15 is 0 Å². The van der Waals surface area contributed by atoms with Gasteiger partial charge in [-0.05, 0) is 30.3 Å². The predicted octanol–water partition coefficient (Wildman–Crippen LogP) is 3.42. The molecule has 4 aromatic rings. The van der Waals surface area contributed by atoms with Gasteiger partial charge in [-0.2, -0.15) is 5.10 Å². The Bertz CT molecular complexity index is 1060. The molecule has 2 heterocycles. The largest absolute Gasteiger partial charge is 0.340 e. The number of nitrogens with zero attached hydrogens (tertiary/aromatic N) is 4. The van der Waals surface area contributed by atoms with Crippen molar-refractivity contribution in [2.75, 3.05) is 7.05 Å². The average Bonchev–Trinajstić information content (AvgIpc) is 3.33. The lowest BCUT2D eigenvalue weighted by atomic mass is 10.3. The number of carbonyl (C=O) groups excluding carboxylic acids is 1. The number of aromatic amines is 1. The molecule has 27 heavy (non-hydrogen) atoms. The Morgan fingerprint density at radius 3 is 2.74 bits per heavy atom. The Morgan fingerprint density at radius 2 is 1.93 bits per heavy atom. The van der Waals surface area contributed by atoms with Crippen molar-refractivity contribution in [3.8, 4) is 5.69 Å². The van der Waals surface area contributed by atoms with Gasteiger partial charge in [0.1, 0.15) is 5.82 Å². The van der Waals surface area contributed by atoms with Crippen LogP contribution >= 0.6 is 0 Å². The van der Waals surface area contributed by atoms with E-state index in [9.17, 15) is 4.79 Å². The summed E-state index contributed by atoms with van der Waals surface area (Å²) < 4.78 is 1.78. The van der Waals surface area contributed by atoms with E-state index in [2.05, 4.69) is 15.1 Å². The lowest BCUT2D eigenvalue weighted by Gasteiger charge is -2.12. The molecule has 2 aromatic heterocycles. The highest BCUT2D eigenvalue weighted by atomic mass is 16.2. The highest BCUT2D eigenvalue weighted by Crippen LogP contribution is 2.12. The van der Waals surface area contributed by atoms with E-state index in [-0.39, 0.29) is 5.91 Å². The number of hydrogen-bond acceptors (Lipinski definition) is 3. The second-order valence-electron chi connectivity index (χ2n) is 6.28. The highest BCUT2D eigenvalue weighted by Gasteiger charge is 2.09. The molecule has 0 fully saturated rings. The molecule has 0 saturated carbocycles. The van der Waals surface area contributed by atoms with Crippen molar-refractivity contribution in [3.05, 3.63) is 84.5 Å². The molecule has 0 atom stereocenters. The zero-order valence-corrected chi connectivity index (χ0v) is 14.9. The fourth-order valence-corrected chi connectivity index (χ4v) is 2.82. The van der Waals surface area contributed by atoms with Crippen molar-refractivity contribution in [2.45, 2.75) is 6.54 Å². The van der Waals surface area contributed by atoms with Gasteiger partial charge in [0.2, 0.25) is 5.91 Å². The summed E-state index contributed by atoms with van der Waals surface area (Å²) in [4.78, 5) is 21.7. The van der Waals surface area contributed by atoms with Gasteiger partial charge in [-0.25, -0.2) is 9.67 Å². The Kier molecular flexibility index (Phi) is 4.53. The fourth-order valence-electron chi connectivity index (χ4n) is 2.82. The van der Waals surface area contributed by atoms with E-state index in [4.69, 9.17) is 0 Å². The average molecular weight is 357 g/mol. The smallest absolute Gasteiger partial charge is 0.246 e. The number of H-pyrrole nitrogens is 1. The molecule has 0 aliphatic heterocycles. The molecule has 0 aliphatic rings. The number of fused-ring (bicyclic) bond motifs is 1. The molecule has 0 bridgehead atoms. The third-order valence-corrected chi connectivity index (χ3v) is 4.24. The summed E-state index contributed by atoms with van der Waals surface area (Å²) in [6.07, 6.45) is 6.94. The summed E-state index contributed by atoms with van der Waals surface area (Å²) in [6.45, 7) is 0.418. The van der Waals surface area contributed by atoms with Gasteiger partial charge in [0.05, 0.1) is 29.5 Å². The monoisotopic (exact) mass is 357 g/mol. The molecule has 6 nitrogen and oxygen atoms in total. The van der Waals surface area contributed by atoms with Crippen LogP contribution in [0, 0.1) is 0 Å². The number of rotatable bonds is 5. The summed E-state index contributed by atoms with van der Waals surface area (Å²) in [5, 5.41) is 4.33. The quantitative estimate of drug-likeness (QED) is 0.557. The number of imidazole rings is 1. The van der Waals surface area contributed by atoms with Crippen LogP contribution < -0.4 is 0 Å².